The first kappa shape index (κ1) is 24.7. The fourth-order valence-electron chi connectivity index (χ4n) is 3.17. The molecule has 0 saturated carbocycles. The first-order chi connectivity index (χ1) is 15.7. The van der Waals surface area contributed by atoms with E-state index < -0.39 is 10.0 Å². The van der Waals surface area contributed by atoms with E-state index in [1.54, 1.807) is 17.8 Å². The second-order valence-corrected chi connectivity index (χ2v) is 10.3. The lowest BCUT2D eigenvalue weighted by Crippen LogP contribution is -2.31. The smallest absolute Gasteiger partial charge is 0.261 e. The largest absolute Gasteiger partial charge is 0.484 e. The minimum atomic E-state index is -3.74. The lowest BCUT2D eigenvalue weighted by molar-refractivity contribution is -0.123. The Kier molecular flexibility index (Phi) is 8.05. The molecule has 3 aromatic rings. The van der Waals surface area contributed by atoms with Crippen LogP contribution >= 0.6 is 11.8 Å². The molecule has 0 fully saturated rings. The molecule has 33 heavy (non-hydrogen) atoms. The van der Waals surface area contributed by atoms with Crippen LogP contribution < -0.4 is 14.8 Å². The summed E-state index contributed by atoms with van der Waals surface area (Å²) in [6.07, 6.45) is 2.01. The predicted molar refractivity (Wildman–Crippen MR) is 133 cm³/mol. The molecule has 0 aliphatic heterocycles. The molecule has 0 aromatic heterocycles. The van der Waals surface area contributed by atoms with Gasteiger partial charge in [-0.15, -0.1) is 11.8 Å². The highest BCUT2D eigenvalue weighted by Gasteiger charge is 2.16. The van der Waals surface area contributed by atoms with Crippen molar-refractivity contribution in [2.24, 2.45) is 0 Å². The normalized spacial score (nSPS) is 12.1. The predicted octanol–water partition coefficient (Wildman–Crippen LogP) is 5.08. The molecule has 6 nitrogen and oxygen atoms in total. The highest BCUT2D eigenvalue weighted by atomic mass is 32.2. The van der Waals surface area contributed by atoms with Gasteiger partial charge >= 0.3 is 0 Å². The van der Waals surface area contributed by atoms with Gasteiger partial charge < -0.3 is 10.1 Å². The van der Waals surface area contributed by atoms with Gasteiger partial charge in [0.15, 0.2) is 6.61 Å². The molecular weight excluding hydrogens is 456 g/mol. The second kappa shape index (κ2) is 10.8. The minimum absolute atomic E-state index is 0.113. The van der Waals surface area contributed by atoms with Gasteiger partial charge in [0.25, 0.3) is 15.9 Å². The number of anilines is 1. The number of hydrogen-bond acceptors (Lipinski definition) is 5. The summed E-state index contributed by atoms with van der Waals surface area (Å²) in [6, 6.07) is 19.4. The highest BCUT2D eigenvalue weighted by molar-refractivity contribution is 7.98. The standard InChI is InChI=1S/C25H28N2O4S2/c1-17-5-6-18(2)24(15-17)27-33(29,30)23-13-9-21(10-14-23)31-16-25(28)26-19(3)20-7-11-22(32-4)12-8-20/h5-15,19,27H,16H2,1-4H3,(H,26,28)/t19-/m1/s1. The van der Waals surface area contributed by atoms with Crippen molar-refractivity contribution in [2.45, 2.75) is 36.6 Å². The van der Waals surface area contributed by atoms with E-state index in [0.29, 0.717) is 11.4 Å². The molecule has 0 spiro atoms. The second-order valence-electron chi connectivity index (χ2n) is 7.75. The summed E-state index contributed by atoms with van der Waals surface area (Å²) in [5.74, 6) is 0.151. The minimum Gasteiger partial charge on any atom is -0.484 e. The van der Waals surface area contributed by atoms with Gasteiger partial charge in [-0.2, -0.15) is 0 Å². The number of sulfonamides is 1. The molecular formula is C25H28N2O4S2. The maximum absolute atomic E-state index is 12.7. The fraction of sp³-hybridized carbons (Fsp3) is 0.240. The number of carbonyl (C=O) groups is 1. The topological polar surface area (TPSA) is 84.5 Å². The van der Waals surface area contributed by atoms with Crippen molar-refractivity contribution < 1.29 is 17.9 Å². The molecule has 174 valence electrons. The molecule has 1 amide bonds. The van der Waals surface area contributed by atoms with Crippen LogP contribution in [0.2, 0.25) is 0 Å². The lowest BCUT2D eigenvalue weighted by Gasteiger charge is -2.15. The molecule has 0 aliphatic rings. The third-order valence-electron chi connectivity index (χ3n) is 5.13. The van der Waals surface area contributed by atoms with Crippen LogP contribution in [-0.2, 0) is 14.8 Å². The number of thioether (sulfide) groups is 1. The Morgan fingerprint density at radius 3 is 2.30 bits per heavy atom. The number of carbonyl (C=O) groups excluding carboxylic acids is 1. The monoisotopic (exact) mass is 484 g/mol. The molecule has 0 aliphatic carbocycles. The number of nitrogens with one attached hydrogen (secondary N) is 2. The molecule has 3 aromatic carbocycles. The Morgan fingerprint density at radius 1 is 1.00 bits per heavy atom. The average Bonchev–Trinajstić information content (AvgIpc) is 2.80. The van der Waals surface area contributed by atoms with Gasteiger partial charge in [0, 0.05) is 4.90 Å². The summed E-state index contributed by atoms with van der Waals surface area (Å²) in [5.41, 5.74) is 3.35. The molecule has 2 N–H and O–H groups in total. The SMILES string of the molecule is CSc1ccc([C@@H](C)NC(=O)COc2ccc(S(=O)(=O)Nc3cc(C)ccc3C)cc2)cc1. The van der Waals surface area contributed by atoms with Crippen LogP contribution in [0, 0.1) is 13.8 Å². The average molecular weight is 485 g/mol. The van der Waals surface area contributed by atoms with Gasteiger partial charge in [0.1, 0.15) is 5.75 Å². The van der Waals surface area contributed by atoms with Gasteiger partial charge in [-0.25, -0.2) is 8.42 Å². The Hall–Kier alpha value is -2.97. The number of amides is 1. The summed E-state index contributed by atoms with van der Waals surface area (Å²) in [7, 11) is -3.74. The first-order valence-electron chi connectivity index (χ1n) is 10.4. The third-order valence-corrected chi connectivity index (χ3v) is 7.26. The Labute approximate surface area is 199 Å². The maximum Gasteiger partial charge on any atom is 0.261 e. The van der Waals surface area contributed by atoms with Crippen LogP contribution in [0.5, 0.6) is 5.75 Å². The molecule has 0 bridgehead atoms. The quantitative estimate of drug-likeness (QED) is 0.414. The number of aryl methyl sites for hydroxylation is 2. The Balaban J connectivity index is 1.56. The van der Waals surface area contributed by atoms with E-state index in [9.17, 15) is 13.2 Å². The third kappa shape index (κ3) is 6.76. The fourth-order valence-corrected chi connectivity index (χ4v) is 4.70. The summed E-state index contributed by atoms with van der Waals surface area (Å²) in [4.78, 5) is 13.5. The van der Waals surface area contributed by atoms with Crippen LogP contribution in [0.3, 0.4) is 0 Å². The highest BCUT2D eigenvalue weighted by Crippen LogP contribution is 2.23. The van der Waals surface area contributed by atoms with Crippen LogP contribution in [0.15, 0.2) is 76.5 Å². The van der Waals surface area contributed by atoms with Gasteiger partial charge in [-0.05, 0) is 86.2 Å². The lowest BCUT2D eigenvalue weighted by atomic mass is 10.1. The summed E-state index contributed by atoms with van der Waals surface area (Å²) in [5, 5.41) is 2.90. The number of ether oxygens (including phenoxy) is 1. The van der Waals surface area contributed by atoms with E-state index in [1.165, 1.54) is 24.3 Å². The maximum atomic E-state index is 12.7. The van der Waals surface area contributed by atoms with Gasteiger partial charge in [-0.1, -0.05) is 24.3 Å². The summed E-state index contributed by atoms with van der Waals surface area (Å²) < 4.78 is 33.6. The zero-order valence-corrected chi connectivity index (χ0v) is 20.7. The molecule has 0 heterocycles. The van der Waals surface area contributed by atoms with Gasteiger partial charge in [0.05, 0.1) is 16.6 Å². The molecule has 3 rings (SSSR count). The zero-order valence-electron chi connectivity index (χ0n) is 19.1. The van der Waals surface area contributed by atoms with E-state index in [2.05, 4.69) is 10.0 Å². The van der Waals surface area contributed by atoms with Gasteiger partial charge in [0.2, 0.25) is 0 Å². The molecule has 1 atom stereocenters. The van der Waals surface area contributed by atoms with Crippen molar-refractivity contribution in [1.82, 2.24) is 5.32 Å². The first-order valence-corrected chi connectivity index (χ1v) is 13.1. The number of benzene rings is 3. The van der Waals surface area contributed by atoms with E-state index in [-0.39, 0.29) is 23.5 Å². The van der Waals surface area contributed by atoms with Crippen LogP contribution in [-0.4, -0.2) is 27.2 Å². The van der Waals surface area contributed by atoms with Crippen molar-refractivity contribution in [3.63, 3.8) is 0 Å². The zero-order chi connectivity index (χ0) is 24.0. The van der Waals surface area contributed by atoms with Gasteiger partial charge in [-0.3, -0.25) is 9.52 Å². The molecule has 0 saturated heterocycles. The van der Waals surface area contributed by atoms with Crippen molar-refractivity contribution in [3.8, 4) is 5.75 Å². The Morgan fingerprint density at radius 2 is 1.67 bits per heavy atom. The number of hydrogen-bond donors (Lipinski definition) is 2. The van der Waals surface area contributed by atoms with Crippen LogP contribution in [0.4, 0.5) is 5.69 Å². The van der Waals surface area contributed by atoms with Crippen LogP contribution in [0.25, 0.3) is 0 Å². The van der Waals surface area contributed by atoms with Crippen LogP contribution in [0.1, 0.15) is 29.7 Å². The molecule has 0 unspecified atom stereocenters. The molecule has 0 radical (unpaired) electrons. The number of rotatable bonds is 9. The summed E-state index contributed by atoms with van der Waals surface area (Å²) in [6.45, 7) is 5.50. The molecule has 8 heteroatoms. The Bertz CT molecular complexity index is 1210. The van der Waals surface area contributed by atoms with E-state index >= 15 is 0 Å². The van der Waals surface area contributed by atoms with Crippen molar-refractivity contribution >= 4 is 33.4 Å². The van der Waals surface area contributed by atoms with E-state index in [1.807, 2.05) is 63.4 Å². The van der Waals surface area contributed by atoms with Crippen molar-refractivity contribution in [2.75, 3.05) is 17.6 Å². The van der Waals surface area contributed by atoms with Crippen molar-refractivity contribution in [3.05, 3.63) is 83.4 Å². The summed E-state index contributed by atoms with van der Waals surface area (Å²) >= 11 is 1.66. The van der Waals surface area contributed by atoms with E-state index in [0.717, 1.165) is 21.6 Å². The van der Waals surface area contributed by atoms with Crippen molar-refractivity contribution in [1.29, 1.82) is 0 Å². The van der Waals surface area contributed by atoms with E-state index in [4.69, 9.17) is 4.74 Å².